The lowest BCUT2D eigenvalue weighted by Gasteiger charge is -2.16. The summed E-state index contributed by atoms with van der Waals surface area (Å²) < 4.78 is 6.15. The molecule has 0 radical (unpaired) electrons. The van der Waals surface area contributed by atoms with E-state index >= 15 is 0 Å². The van der Waals surface area contributed by atoms with Crippen molar-refractivity contribution in [2.45, 2.75) is 125 Å². The number of aryl methyl sites for hydroxylation is 3. The second-order valence-corrected chi connectivity index (χ2v) is 27.4. The van der Waals surface area contributed by atoms with Gasteiger partial charge in [0.05, 0.1) is 104 Å². The van der Waals surface area contributed by atoms with Gasteiger partial charge in [-0.05, 0) is 193 Å². The molecule has 13 rings (SSSR count). The number of rotatable bonds is 18. The zero-order chi connectivity index (χ0) is 64.6. The minimum absolute atomic E-state index is 0.00621. The molecule has 93 heavy (non-hydrogen) atoms. The lowest BCUT2D eigenvalue weighted by atomic mass is 9.87. The minimum atomic E-state index is -0.363. The first kappa shape index (κ1) is 62.3. The van der Waals surface area contributed by atoms with Crippen molar-refractivity contribution in [3.05, 3.63) is 274 Å². The molecule has 18 bridgehead atoms. The number of aromatic amines is 3. The van der Waals surface area contributed by atoms with E-state index in [9.17, 15) is 30.3 Å². The van der Waals surface area contributed by atoms with E-state index < -0.39 is 0 Å². The van der Waals surface area contributed by atoms with E-state index in [1.165, 1.54) is 0 Å². The van der Waals surface area contributed by atoms with Gasteiger partial charge in [-0.1, -0.05) is 80.1 Å². The minimum Gasteiger partial charge on any atom is -0.354 e. The van der Waals surface area contributed by atoms with E-state index in [1.807, 2.05) is 36.4 Å². The van der Waals surface area contributed by atoms with E-state index in [1.54, 1.807) is 70.4 Å². The number of nitro groups is 3. The zero-order valence-electron chi connectivity index (χ0n) is 52.9. The van der Waals surface area contributed by atoms with Crippen LogP contribution in [0.5, 0.6) is 0 Å². The maximum Gasteiger partial charge on any atom is 0.269 e. The number of fused-ring (bicyclic) bond motifs is 15. The van der Waals surface area contributed by atoms with Crippen molar-refractivity contribution in [2.24, 2.45) is 20.9 Å². The number of nitro benzene ring substituents is 3. The molecule has 1 atom stereocenters. The molecule has 4 aliphatic heterocycles. The first-order chi connectivity index (χ1) is 45.3. The molecular weight excluding hydrogens is 1220 g/mol. The Morgan fingerprint density at radius 3 is 1.13 bits per heavy atom. The second kappa shape index (κ2) is 26.6. The molecule has 0 saturated heterocycles. The summed E-state index contributed by atoms with van der Waals surface area (Å²) in [6, 6.07) is 40.4. The summed E-state index contributed by atoms with van der Waals surface area (Å²) in [5, 5.41) is 42.1. The van der Waals surface area contributed by atoms with Crippen molar-refractivity contribution in [3.63, 3.8) is 0 Å². The Balaban J connectivity index is 1.18. The van der Waals surface area contributed by atoms with E-state index in [4.69, 9.17) is 15.0 Å². The first-order valence-corrected chi connectivity index (χ1v) is 34.8. The van der Waals surface area contributed by atoms with Crippen LogP contribution in [0, 0.1) is 65.9 Å². The molecule has 0 spiro atoms. The standard InChI is InChI=1S/C75H71N9O6S3/c1-7-13-46-37-55-61-31-32-62(91-61)57-39-48(15-9-3)72(78-57)68(44-21-27-53(28-22-44)83(87)88)73-50(17-11-5)41-59(80-73)65-35-36-66(93-65)60-42-51(18-12-6)75(81-60)69(45-23-29-54(30-24-45)84(89)90)74-49(16-10-4)40-58(79-74)64-34-33-63(92-64)56-38-47(14-8-2)71(77-56)67(70(46)76-55)43-19-25-52(26-20-43)82(85)86/h19-41,51,76,79-80H,7-18,42H2,1-6H3. The number of hydrogen-bond acceptors (Lipinski definition) is 12. The van der Waals surface area contributed by atoms with Crippen molar-refractivity contribution in [2.75, 3.05) is 0 Å². The van der Waals surface area contributed by atoms with Crippen LogP contribution in [0.15, 0.2) is 166 Å². The molecule has 4 aliphatic rings. The average Bonchev–Trinajstić information content (AvgIpc) is 1.66. The van der Waals surface area contributed by atoms with Crippen LogP contribution < -0.4 is 29.6 Å². The van der Waals surface area contributed by atoms with Crippen molar-refractivity contribution in [1.82, 2.24) is 15.0 Å². The van der Waals surface area contributed by atoms with Gasteiger partial charge in [-0.25, -0.2) is 9.98 Å². The molecule has 15 nitrogen and oxygen atoms in total. The second-order valence-electron chi connectivity index (χ2n) is 24.2. The van der Waals surface area contributed by atoms with Crippen LogP contribution in [0.1, 0.15) is 139 Å². The third-order valence-electron chi connectivity index (χ3n) is 17.7. The molecule has 0 saturated carbocycles. The molecule has 10 heterocycles. The van der Waals surface area contributed by atoms with Crippen molar-refractivity contribution in [3.8, 4) is 0 Å². The zero-order valence-corrected chi connectivity index (χ0v) is 55.4. The summed E-state index contributed by atoms with van der Waals surface area (Å²) in [5.74, 6) is 0.0605. The number of aromatic nitrogens is 3. The van der Waals surface area contributed by atoms with Crippen LogP contribution in [0.2, 0.25) is 0 Å². The van der Waals surface area contributed by atoms with Crippen molar-refractivity contribution >= 4 is 102 Å². The third-order valence-corrected chi connectivity index (χ3v) is 21.1. The summed E-state index contributed by atoms with van der Waals surface area (Å²) >= 11 is 5.04. The molecule has 0 fully saturated rings. The SMILES string of the molecule is CCCC1=CC2=c3ccc(s3)=c3cc(CCC)c([nH]3)=C(c3ccc([N+](=O)[O-])cc3)C3=NC(=c4ccc(s4)=c4cc(CCC)c([nH]4)=C(c4ccc([N+](=O)[O-])cc4)C4=NC(=c5ccc(s5)=c5cc(CCC)c([nH]5)=C(c5ccc([N+](=O)[O-])cc5)C1=N2)C=C4CCC)CC3CCC. The van der Waals surface area contributed by atoms with Crippen LogP contribution in [-0.4, -0.2) is 46.9 Å². The highest BCUT2D eigenvalue weighted by molar-refractivity contribution is 7.08. The topological polar surface area (TPSA) is 214 Å². The van der Waals surface area contributed by atoms with Crippen LogP contribution in [0.4, 0.5) is 17.1 Å². The molecule has 0 aliphatic carbocycles. The number of benzene rings is 3. The highest BCUT2D eigenvalue weighted by Crippen LogP contribution is 2.36. The molecule has 6 aromatic heterocycles. The van der Waals surface area contributed by atoms with Gasteiger partial charge in [-0.3, -0.25) is 35.3 Å². The maximum atomic E-state index is 12.2. The monoisotopic (exact) mass is 1290 g/mol. The van der Waals surface area contributed by atoms with Gasteiger partial charge in [0.1, 0.15) is 0 Å². The number of aliphatic imine (C=N–C) groups is 3. The molecule has 470 valence electrons. The summed E-state index contributed by atoms with van der Waals surface area (Å²) in [6.45, 7) is 13.1. The van der Waals surface area contributed by atoms with Gasteiger partial charge < -0.3 is 15.0 Å². The average molecular weight is 1290 g/mol. The van der Waals surface area contributed by atoms with E-state index in [0.717, 1.165) is 238 Å². The molecule has 3 aromatic carbocycles. The van der Waals surface area contributed by atoms with E-state index in [0.29, 0.717) is 0 Å². The van der Waals surface area contributed by atoms with E-state index in [2.05, 4.69) is 123 Å². The summed E-state index contributed by atoms with van der Waals surface area (Å²) in [4.78, 5) is 64.1. The smallest absolute Gasteiger partial charge is 0.269 e. The Morgan fingerprint density at radius 1 is 0.419 bits per heavy atom. The normalized spacial score (nSPS) is 15.4. The highest BCUT2D eigenvalue weighted by Gasteiger charge is 2.31. The number of nitrogens with zero attached hydrogens (tertiary/aromatic N) is 6. The Hall–Kier alpha value is -9.49. The van der Waals surface area contributed by atoms with Gasteiger partial charge >= 0.3 is 0 Å². The molecule has 3 N–H and O–H groups in total. The number of nitrogens with one attached hydrogen (secondary N) is 3. The number of hydrogen-bond donors (Lipinski definition) is 3. The number of allylic oxidation sites excluding steroid dienone is 2. The van der Waals surface area contributed by atoms with Gasteiger partial charge in [-0.2, -0.15) is 0 Å². The number of H-pyrrole nitrogens is 3. The number of thiophene rings is 3. The highest BCUT2D eigenvalue weighted by atomic mass is 32.1. The van der Waals surface area contributed by atoms with Gasteiger partial charge in [0.2, 0.25) is 0 Å². The van der Waals surface area contributed by atoms with Crippen LogP contribution in [-0.2, 0) is 19.3 Å². The fourth-order valence-electron chi connectivity index (χ4n) is 13.4. The first-order valence-electron chi connectivity index (χ1n) is 32.4. The quantitative estimate of drug-likeness (QED) is 0.0561. The maximum absolute atomic E-state index is 12.2. The fraction of sp³-hybridized carbons (Fsp3) is 0.267. The number of non-ortho nitro benzene ring substituents is 3. The van der Waals surface area contributed by atoms with Crippen LogP contribution in [0.25, 0.3) is 33.8 Å². The Labute approximate surface area is 548 Å². The predicted octanol–water partition coefficient (Wildman–Crippen LogP) is 14.3. The molecule has 1 unspecified atom stereocenters. The summed E-state index contributed by atoms with van der Waals surface area (Å²) in [6.07, 6.45) is 15.2. The van der Waals surface area contributed by atoms with Crippen molar-refractivity contribution in [1.29, 1.82) is 0 Å². The Kier molecular flexibility index (Phi) is 17.8. The van der Waals surface area contributed by atoms with E-state index in [-0.39, 0.29) is 37.7 Å². The van der Waals surface area contributed by atoms with Crippen molar-refractivity contribution < 1.29 is 14.8 Å². The van der Waals surface area contributed by atoms with Crippen LogP contribution >= 0.6 is 34.0 Å². The molecule has 0 amide bonds. The lowest BCUT2D eigenvalue weighted by Crippen LogP contribution is -2.23. The lowest BCUT2D eigenvalue weighted by molar-refractivity contribution is -0.385. The van der Waals surface area contributed by atoms with Crippen LogP contribution in [0.3, 0.4) is 0 Å². The third kappa shape index (κ3) is 12.2. The Morgan fingerprint density at radius 2 is 0.763 bits per heavy atom. The van der Waals surface area contributed by atoms with Gasteiger partial charge in [-0.15, -0.1) is 34.0 Å². The largest absolute Gasteiger partial charge is 0.354 e. The summed E-state index contributed by atoms with van der Waals surface area (Å²) in [7, 11) is 0. The Bertz CT molecular complexity index is 5420. The van der Waals surface area contributed by atoms with Gasteiger partial charge in [0, 0.05) is 63.6 Å². The molecule has 18 heteroatoms. The predicted molar refractivity (Wildman–Crippen MR) is 376 cm³/mol. The summed E-state index contributed by atoms with van der Waals surface area (Å²) in [5.41, 5.74) is 16.0. The van der Waals surface area contributed by atoms with Gasteiger partial charge in [0.25, 0.3) is 17.1 Å². The van der Waals surface area contributed by atoms with Gasteiger partial charge in [0.15, 0.2) is 0 Å². The molecule has 9 aromatic rings. The fourth-order valence-corrected chi connectivity index (χ4v) is 16.3. The molecular formula is C75H71N9O6S3.